The zero-order chi connectivity index (χ0) is 32.8. The van der Waals surface area contributed by atoms with Crippen LogP contribution in [-0.4, -0.2) is 79.1 Å². The number of phenolic OH excluding ortho intramolecular Hbond substituents is 1. The molecule has 2 heterocycles. The number of aliphatic carboxylic acids is 1. The van der Waals surface area contributed by atoms with E-state index in [1.807, 2.05) is 54.6 Å². The number of allylic oxidation sites excluding steroid dienone is 1. The van der Waals surface area contributed by atoms with Crippen LogP contribution in [0, 0.1) is 17.8 Å². The van der Waals surface area contributed by atoms with Gasteiger partial charge in [0.2, 0.25) is 11.8 Å². The van der Waals surface area contributed by atoms with Gasteiger partial charge in [-0.15, -0.1) is 0 Å². The second-order valence-corrected chi connectivity index (χ2v) is 12.0. The molecular weight excluding hydrogens is 588 g/mol. The van der Waals surface area contributed by atoms with Crippen molar-refractivity contribution in [2.75, 3.05) is 19.8 Å². The zero-order valence-electron chi connectivity index (χ0n) is 25.6. The Bertz CT molecular complexity index is 1650. The SMILES string of the molecule is O=C(O)CCCCCN1C(=O)[C@@H]2[C@@H](CC(CO)=C([C@H](O)CC/C(=C/c3ccc(O)c4ccccc34)c3ccccn3)[C@@H]2CO)C1=O. The Hall–Kier alpha value is -4.38. The third kappa shape index (κ3) is 6.89. The fourth-order valence-electron chi connectivity index (χ4n) is 7.01. The highest BCUT2D eigenvalue weighted by Gasteiger charge is 2.54. The molecule has 1 saturated heterocycles. The van der Waals surface area contributed by atoms with Crippen LogP contribution >= 0.6 is 0 Å². The summed E-state index contributed by atoms with van der Waals surface area (Å²) >= 11 is 0. The summed E-state index contributed by atoms with van der Waals surface area (Å²) in [5.41, 5.74) is 3.28. The van der Waals surface area contributed by atoms with E-state index in [2.05, 4.69) is 4.98 Å². The van der Waals surface area contributed by atoms with Gasteiger partial charge in [0.15, 0.2) is 0 Å². The van der Waals surface area contributed by atoms with Crippen molar-refractivity contribution in [2.45, 2.75) is 51.0 Å². The number of hydrogen-bond donors (Lipinski definition) is 5. The Kier molecular flexibility index (Phi) is 10.6. The molecular formula is C36H40N2O8. The average Bonchev–Trinajstić information content (AvgIpc) is 3.31. The van der Waals surface area contributed by atoms with E-state index in [0.717, 1.165) is 16.5 Å². The molecule has 1 aliphatic carbocycles. The predicted octanol–water partition coefficient (Wildman–Crippen LogP) is 4.17. The molecule has 1 fully saturated rings. The molecule has 3 aromatic rings. The van der Waals surface area contributed by atoms with Gasteiger partial charge in [-0.25, -0.2) is 0 Å². The number of unbranched alkanes of at least 4 members (excludes halogenated alkanes) is 2. The number of carbonyl (C=O) groups excluding carboxylic acids is 2. The molecule has 2 amide bonds. The van der Waals surface area contributed by atoms with Crippen LogP contribution in [0.25, 0.3) is 22.4 Å². The van der Waals surface area contributed by atoms with Crippen molar-refractivity contribution < 1.29 is 39.9 Å². The smallest absolute Gasteiger partial charge is 0.303 e. The van der Waals surface area contributed by atoms with E-state index in [-0.39, 0.29) is 37.5 Å². The highest BCUT2D eigenvalue weighted by atomic mass is 16.4. The molecule has 0 radical (unpaired) electrons. The number of aromatic hydroxyl groups is 1. The maximum atomic E-state index is 13.5. The van der Waals surface area contributed by atoms with E-state index in [9.17, 15) is 34.8 Å². The summed E-state index contributed by atoms with van der Waals surface area (Å²) in [7, 11) is 0. The molecule has 242 valence electrons. The molecule has 2 aromatic carbocycles. The molecule has 0 unspecified atom stereocenters. The molecule has 1 aliphatic heterocycles. The largest absolute Gasteiger partial charge is 0.507 e. The number of imide groups is 1. The van der Waals surface area contributed by atoms with Gasteiger partial charge in [0.05, 0.1) is 36.8 Å². The number of phenols is 1. The van der Waals surface area contributed by atoms with Crippen LogP contribution in [0.4, 0.5) is 0 Å². The number of carbonyl (C=O) groups is 3. The lowest BCUT2D eigenvalue weighted by molar-refractivity contribution is -0.141. The van der Waals surface area contributed by atoms with Crippen LogP contribution in [0.5, 0.6) is 5.75 Å². The number of rotatable bonds is 14. The van der Waals surface area contributed by atoms with Gasteiger partial charge >= 0.3 is 5.97 Å². The number of benzene rings is 2. The van der Waals surface area contributed by atoms with Crippen LogP contribution < -0.4 is 0 Å². The van der Waals surface area contributed by atoms with E-state index >= 15 is 0 Å². The molecule has 5 N–H and O–H groups in total. The highest BCUT2D eigenvalue weighted by Crippen LogP contribution is 2.46. The summed E-state index contributed by atoms with van der Waals surface area (Å²) in [6.07, 6.45) is 4.76. The van der Waals surface area contributed by atoms with Gasteiger partial charge in [-0.1, -0.05) is 42.8 Å². The summed E-state index contributed by atoms with van der Waals surface area (Å²) in [6, 6.07) is 16.5. The molecule has 46 heavy (non-hydrogen) atoms. The van der Waals surface area contributed by atoms with Gasteiger partial charge in [-0.3, -0.25) is 24.3 Å². The maximum Gasteiger partial charge on any atom is 0.303 e. The van der Waals surface area contributed by atoms with Crippen molar-refractivity contribution in [3.63, 3.8) is 0 Å². The molecule has 10 heteroatoms. The van der Waals surface area contributed by atoms with Gasteiger partial charge < -0.3 is 25.5 Å². The van der Waals surface area contributed by atoms with Crippen molar-refractivity contribution in [3.05, 3.63) is 83.2 Å². The summed E-state index contributed by atoms with van der Waals surface area (Å²) < 4.78 is 0. The highest BCUT2D eigenvalue weighted by molar-refractivity contribution is 6.06. The Balaban J connectivity index is 1.38. The molecule has 0 spiro atoms. The van der Waals surface area contributed by atoms with Crippen molar-refractivity contribution in [2.24, 2.45) is 17.8 Å². The van der Waals surface area contributed by atoms with E-state index in [0.29, 0.717) is 47.9 Å². The summed E-state index contributed by atoms with van der Waals surface area (Å²) in [6.45, 7) is -0.713. The van der Waals surface area contributed by atoms with Gasteiger partial charge in [0.25, 0.3) is 0 Å². The molecule has 0 bridgehead atoms. The van der Waals surface area contributed by atoms with Crippen LogP contribution in [0.1, 0.15) is 56.2 Å². The fourth-order valence-corrected chi connectivity index (χ4v) is 7.01. The Morgan fingerprint density at radius 2 is 1.72 bits per heavy atom. The molecule has 2 aliphatic rings. The summed E-state index contributed by atoms with van der Waals surface area (Å²) in [5, 5.41) is 53.3. The number of aliphatic hydroxyl groups is 3. The van der Waals surface area contributed by atoms with Crippen molar-refractivity contribution in [1.82, 2.24) is 9.88 Å². The first-order valence-corrected chi connectivity index (χ1v) is 15.8. The first kappa shape index (κ1) is 33.0. The quantitative estimate of drug-likeness (QED) is 0.1000. The molecule has 10 nitrogen and oxygen atoms in total. The minimum absolute atomic E-state index is 0.0214. The minimum Gasteiger partial charge on any atom is -0.507 e. The van der Waals surface area contributed by atoms with E-state index < -0.39 is 48.9 Å². The monoisotopic (exact) mass is 628 g/mol. The van der Waals surface area contributed by atoms with Crippen LogP contribution in [0.3, 0.4) is 0 Å². The first-order valence-electron chi connectivity index (χ1n) is 15.8. The number of pyridine rings is 1. The molecule has 0 saturated carbocycles. The standard InChI is InChI=1S/C36H40N2O8/c39-20-24-19-27-34(36(46)38(35(27)45)17-7-1-2-11-32(43)44)28(21-40)33(24)31(42)15-13-23(29-10-5-6-16-37-29)18-22-12-14-30(41)26-9-4-3-8-25(22)26/h3-6,8-10,12,14,16,18,27-28,31,34,39-42H,1-2,7,11,13,15,17,19-21H2,(H,43,44)/b23-18-/t27-,28+,31-,34-/m1/s1. The van der Waals surface area contributed by atoms with Crippen LogP contribution in [0.15, 0.2) is 71.9 Å². The second-order valence-electron chi connectivity index (χ2n) is 12.0. The number of fused-ring (bicyclic) bond motifs is 2. The van der Waals surface area contributed by atoms with Gasteiger partial charge in [-0.2, -0.15) is 0 Å². The lowest BCUT2D eigenvalue weighted by Gasteiger charge is -2.36. The lowest BCUT2D eigenvalue weighted by Crippen LogP contribution is -2.39. The van der Waals surface area contributed by atoms with Crippen LogP contribution in [-0.2, 0) is 14.4 Å². The number of carboxylic acid groups (broad SMARTS) is 1. The van der Waals surface area contributed by atoms with Gasteiger partial charge in [-0.05, 0) is 84.0 Å². The van der Waals surface area contributed by atoms with Gasteiger partial charge in [0, 0.05) is 30.5 Å². The van der Waals surface area contributed by atoms with Crippen molar-refractivity contribution in [3.8, 4) is 5.75 Å². The lowest BCUT2D eigenvalue weighted by atomic mass is 9.68. The third-order valence-electron chi connectivity index (χ3n) is 9.24. The Labute approximate surface area is 267 Å². The molecule has 4 atom stereocenters. The topological polar surface area (TPSA) is 168 Å². The predicted molar refractivity (Wildman–Crippen MR) is 172 cm³/mol. The first-order chi connectivity index (χ1) is 22.2. The van der Waals surface area contributed by atoms with Gasteiger partial charge in [0.1, 0.15) is 5.75 Å². The summed E-state index contributed by atoms with van der Waals surface area (Å²) in [5.74, 6) is -3.87. The molecule has 5 rings (SSSR count). The Morgan fingerprint density at radius 1 is 0.957 bits per heavy atom. The van der Waals surface area contributed by atoms with Crippen molar-refractivity contribution in [1.29, 1.82) is 0 Å². The number of aromatic nitrogens is 1. The zero-order valence-corrected chi connectivity index (χ0v) is 25.6. The number of nitrogens with zero attached hydrogens (tertiary/aromatic N) is 2. The normalized spacial score (nSPS) is 20.8. The van der Waals surface area contributed by atoms with Crippen LogP contribution in [0.2, 0.25) is 0 Å². The minimum atomic E-state index is -1.10. The van der Waals surface area contributed by atoms with E-state index in [1.165, 1.54) is 4.90 Å². The Morgan fingerprint density at radius 3 is 2.41 bits per heavy atom. The molecule has 1 aromatic heterocycles. The number of aliphatic hydroxyl groups excluding tert-OH is 3. The van der Waals surface area contributed by atoms with E-state index in [1.54, 1.807) is 12.3 Å². The maximum absolute atomic E-state index is 13.5. The fraction of sp³-hybridized carbons (Fsp3) is 0.389. The number of hydrogen-bond acceptors (Lipinski definition) is 8. The third-order valence-corrected chi connectivity index (χ3v) is 9.24. The summed E-state index contributed by atoms with van der Waals surface area (Å²) in [4.78, 5) is 43.4. The second kappa shape index (κ2) is 14.8. The number of carboxylic acids is 1. The van der Waals surface area contributed by atoms with Crippen molar-refractivity contribution >= 4 is 40.2 Å². The van der Waals surface area contributed by atoms with E-state index in [4.69, 9.17) is 5.11 Å². The number of likely N-dealkylation sites (tertiary alicyclic amines) is 1. The number of amides is 2. The average molecular weight is 629 g/mol.